The lowest BCUT2D eigenvalue weighted by Crippen LogP contribution is -2.17. The van der Waals surface area contributed by atoms with E-state index in [-0.39, 0.29) is 6.04 Å². The summed E-state index contributed by atoms with van der Waals surface area (Å²) >= 11 is 0. The second-order valence-electron chi connectivity index (χ2n) is 4.61. The van der Waals surface area contributed by atoms with Crippen molar-refractivity contribution in [2.45, 2.75) is 19.5 Å². The summed E-state index contributed by atoms with van der Waals surface area (Å²) in [6.45, 7) is 2.74. The molecule has 5 heteroatoms. The van der Waals surface area contributed by atoms with E-state index in [0.717, 1.165) is 17.9 Å². The molecule has 18 heavy (non-hydrogen) atoms. The predicted octanol–water partition coefficient (Wildman–Crippen LogP) is 1.47. The van der Waals surface area contributed by atoms with E-state index in [2.05, 4.69) is 15.0 Å². The molecule has 5 nitrogen and oxygen atoms in total. The first-order chi connectivity index (χ1) is 8.56. The van der Waals surface area contributed by atoms with Crippen molar-refractivity contribution in [2.24, 2.45) is 12.8 Å². The fourth-order valence-corrected chi connectivity index (χ4v) is 1.81. The van der Waals surface area contributed by atoms with Crippen molar-refractivity contribution in [3.8, 4) is 0 Å². The molecule has 2 aromatic heterocycles. The highest BCUT2D eigenvalue weighted by molar-refractivity contribution is 5.44. The summed E-state index contributed by atoms with van der Waals surface area (Å²) in [7, 11) is 3.96. The lowest BCUT2D eigenvalue weighted by atomic mass is 10.2. The summed E-state index contributed by atoms with van der Waals surface area (Å²) in [4.78, 5) is 6.49. The zero-order chi connectivity index (χ0) is 13.1. The van der Waals surface area contributed by atoms with Gasteiger partial charge in [-0.3, -0.25) is 9.67 Å². The maximum Gasteiger partial charge on any atom is 0.0569 e. The normalized spacial score (nSPS) is 12.4. The molecule has 2 heterocycles. The molecule has 0 saturated carbocycles. The third-order valence-electron chi connectivity index (χ3n) is 2.86. The monoisotopic (exact) mass is 245 g/mol. The second-order valence-corrected chi connectivity index (χ2v) is 4.61. The van der Waals surface area contributed by atoms with Gasteiger partial charge < -0.3 is 10.6 Å². The highest BCUT2D eigenvalue weighted by Crippen LogP contribution is 2.16. The summed E-state index contributed by atoms with van der Waals surface area (Å²) < 4.78 is 1.81. The number of pyridine rings is 1. The smallest absolute Gasteiger partial charge is 0.0569 e. The molecule has 0 spiro atoms. The van der Waals surface area contributed by atoms with Crippen LogP contribution in [-0.2, 0) is 13.6 Å². The lowest BCUT2D eigenvalue weighted by molar-refractivity contribution is 0.766. The topological polar surface area (TPSA) is 60.0 Å². The first-order valence-corrected chi connectivity index (χ1v) is 5.96. The van der Waals surface area contributed by atoms with Crippen molar-refractivity contribution in [3.05, 3.63) is 42.0 Å². The Hall–Kier alpha value is -1.88. The fourth-order valence-electron chi connectivity index (χ4n) is 1.81. The Morgan fingerprint density at radius 1 is 1.39 bits per heavy atom. The molecule has 0 aliphatic carbocycles. The number of aromatic nitrogens is 3. The number of rotatable bonds is 4. The SMILES string of the molecule is CC(N)c1ccc(N(C)Cc2cnn(C)c2)cn1. The van der Waals surface area contributed by atoms with Crippen molar-refractivity contribution in [1.29, 1.82) is 0 Å². The van der Waals surface area contributed by atoms with Crippen LogP contribution >= 0.6 is 0 Å². The van der Waals surface area contributed by atoms with Gasteiger partial charge >= 0.3 is 0 Å². The molecule has 1 unspecified atom stereocenters. The third-order valence-corrected chi connectivity index (χ3v) is 2.86. The first-order valence-electron chi connectivity index (χ1n) is 5.96. The molecule has 0 aliphatic heterocycles. The van der Waals surface area contributed by atoms with Gasteiger partial charge in [0, 0.05) is 38.4 Å². The van der Waals surface area contributed by atoms with Crippen LogP contribution in [0.2, 0.25) is 0 Å². The van der Waals surface area contributed by atoms with Gasteiger partial charge in [-0.2, -0.15) is 5.10 Å². The lowest BCUT2D eigenvalue weighted by Gasteiger charge is -2.18. The molecule has 0 aliphatic rings. The summed E-state index contributed by atoms with van der Waals surface area (Å²) in [5, 5.41) is 4.16. The van der Waals surface area contributed by atoms with E-state index in [1.54, 1.807) is 4.68 Å². The maximum atomic E-state index is 5.78. The number of hydrogen-bond acceptors (Lipinski definition) is 4. The molecule has 2 N–H and O–H groups in total. The van der Waals surface area contributed by atoms with Crippen molar-refractivity contribution >= 4 is 5.69 Å². The van der Waals surface area contributed by atoms with Crippen LogP contribution < -0.4 is 10.6 Å². The number of nitrogens with zero attached hydrogens (tertiary/aromatic N) is 4. The minimum absolute atomic E-state index is 0.0253. The Morgan fingerprint density at radius 3 is 2.67 bits per heavy atom. The molecule has 0 radical (unpaired) electrons. The Bertz CT molecular complexity index is 500. The van der Waals surface area contributed by atoms with Crippen LogP contribution in [0.15, 0.2) is 30.7 Å². The van der Waals surface area contributed by atoms with Gasteiger partial charge in [0.25, 0.3) is 0 Å². The molecule has 0 bridgehead atoms. The molecule has 0 fully saturated rings. The van der Waals surface area contributed by atoms with E-state index in [4.69, 9.17) is 5.73 Å². The number of hydrogen-bond donors (Lipinski definition) is 1. The molecule has 1 atom stereocenters. The highest BCUT2D eigenvalue weighted by Gasteiger charge is 2.06. The Labute approximate surface area is 107 Å². The minimum atomic E-state index is -0.0253. The van der Waals surface area contributed by atoms with Gasteiger partial charge in [0.1, 0.15) is 0 Å². The zero-order valence-corrected chi connectivity index (χ0v) is 11.0. The molecule has 0 aromatic carbocycles. The van der Waals surface area contributed by atoms with Gasteiger partial charge in [0.2, 0.25) is 0 Å². The molecule has 96 valence electrons. The van der Waals surface area contributed by atoms with Gasteiger partial charge in [0.05, 0.1) is 23.8 Å². The highest BCUT2D eigenvalue weighted by atomic mass is 15.2. The molecular weight excluding hydrogens is 226 g/mol. The summed E-state index contributed by atoms with van der Waals surface area (Å²) in [6.07, 6.45) is 5.75. The van der Waals surface area contributed by atoms with Crippen molar-refractivity contribution in [3.63, 3.8) is 0 Å². The Morgan fingerprint density at radius 2 is 2.17 bits per heavy atom. The Balaban J connectivity index is 2.06. The van der Waals surface area contributed by atoms with E-state index in [0.29, 0.717) is 0 Å². The van der Waals surface area contributed by atoms with Crippen LogP contribution in [0.4, 0.5) is 5.69 Å². The Kier molecular flexibility index (Phi) is 3.62. The molecule has 2 rings (SSSR count). The molecule has 0 saturated heterocycles. The van der Waals surface area contributed by atoms with Gasteiger partial charge in [0.15, 0.2) is 0 Å². The van der Waals surface area contributed by atoms with Gasteiger partial charge in [-0.25, -0.2) is 0 Å². The van der Waals surface area contributed by atoms with Crippen LogP contribution in [0.5, 0.6) is 0 Å². The van der Waals surface area contributed by atoms with Crippen LogP contribution in [0, 0.1) is 0 Å². The summed E-state index contributed by atoms with van der Waals surface area (Å²) in [5.41, 5.74) is 8.94. The van der Waals surface area contributed by atoms with Crippen molar-refractivity contribution in [2.75, 3.05) is 11.9 Å². The van der Waals surface area contributed by atoms with Crippen LogP contribution in [0.25, 0.3) is 0 Å². The largest absolute Gasteiger partial charge is 0.369 e. The van der Waals surface area contributed by atoms with Crippen LogP contribution in [-0.4, -0.2) is 21.8 Å². The molecular formula is C13H19N5. The summed E-state index contributed by atoms with van der Waals surface area (Å²) in [6, 6.07) is 3.99. The standard InChI is InChI=1S/C13H19N5/c1-10(14)13-5-4-12(7-15-13)17(2)8-11-6-16-18(3)9-11/h4-7,9-10H,8,14H2,1-3H3. The first kappa shape index (κ1) is 12.6. The predicted molar refractivity (Wildman–Crippen MR) is 72.2 cm³/mol. The van der Waals surface area contributed by atoms with Crippen molar-refractivity contribution in [1.82, 2.24) is 14.8 Å². The van der Waals surface area contributed by atoms with E-state index in [9.17, 15) is 0 Å². The van der Waals surface area contributed by atoms with E-state index in [1.165, 1.54) is 5.56 Å². The van der Waals surface area contributed by atoms with E-state index < -0.39 is 0 Å². The van der Waals surface area contributed by atoms with Gasteiger partial charge in [-0.1, -0.05) is 0 Å². The van der Waals surface area contributed by atoms with E-state index in [1.807, 2.05) is 51.7 Å². The number of nitrogens with two attached hydrogens (primary N) is 1. The zero-order valence-electron chi connectivity index (χ0n) is 11.0. The molecule has 2 aromatic rings. The number of aryl methyl sites for hydroxylation is 1. The van der Waals surface area contributed by atoms with Crippen molar-refractivity contribution < 1.29 is 0 Å². The maximum absolute atomic E-state index is 5.78. The van der Waals surface area contributed by atoms with Gasteiger partial charge in [-0.05, 0) is 19.1 Å². The molecule has 0 amide bonds. The summed E-state index contributed by atoms with van der Waals surface area (Å²) in [5.74, 6) is 0. The number of anilines is 1. The average molecular weight is 245 g/mol. The van der Waals surface area contributed by atoms with E-state index >= 15 is 0 Å². The van der Waals surface area contributed by atoms with Gasteiger partial charge in [-0.15, -0.1) is 0 Å². The average Bonchev–Trinajstić information content (AvgIpc) is 2.75. The quantitative estimate of drug-likeness (QED) is 0.886. The minimum Gasteiger partial charge on any atom is -0.369 e. The second kappa shape index (κ2) is 5.18. The fraction of sp³-hybridized carbons (Fsp3) is 0.385. The third kappa shape index (κ3) is 2.87. The van der Waals surface area contributed by atoms with Crippen LogP contribution in [0.1, 0.15) is 24.2 Å². The van der Waals surface area contributed by atoms with Crippen LogP contribution in [0.3, 0.4) is 0 Å².